The first-order chi connectivity index (χ1) is 12.1. The molecule has 0 radical (unpaired) electrons. The maximum Gasteiger partial charge on any atom is 0.177 e. The first kappa shape index (κ1) is 15.0. The van der Waals surface area contributed by atoms with Crippen LogP contribution in [0.1, 0.15) is 24.0 Å². The lowest BCUT2D eigenvalue weighted by Gasteiger charge is -2.04. The highest BCUT2D eigenvalue weighted by Gasteiger charge is 2.10. The topological polar surface area (TPSA) is 115 Å². The Morgan fingerprint density at radius 3 is 2.92 bits per heavy atom. The van der Waals surface area contributed by atoms with Crippen molar-refractivity contribution >= 4 is 27.9 Å². The minimum atomic E-state index is 0.425. The molecule has 0 fully saturated rings. The molecule has 3 N–H and O–H groups in total. The predicted molar refractivity (Wildman–Crippen MR) is 93.7 cm³/mol. The monoisotopic (exact) mass is 333 g/mol. The van der Waals surface area contributed by atoms with Crippen LogP contribution < -0.4 is 5.73 Å². The highest BCUT2D eigenvalue weighted by molar-refractivity contribution is 5.96. The second kappa shape index (κ2) is 5.82. The van der Waals surface area contributed by atoms with Crippen molar-refractivity contribution in [2.24, 2.45) is 5.16 Å². The molecule has 124 valence electrons. The zero-order valence-electron chi connectivity index (χ0n) is 13.5. The third-order valence-corrected chi connectivity index (χ3v) is 3.98. The van der Waals surface area contributed by atoms with Gasteiger partial charge in [-0.3, -0.25) is 4.98 Å². The lowest BCUT2D eigenvalue weighted by Crippen LogP contribution is -2.06. The molecule has 0 aliphatic rings. The van der Waals surface area contributed by atoms with E-state index in [9.17, 15) is 0 Å². The van der Waals surface area contributed by atoms with Crippen LogP contribution in [-0.4, -0.2) is 35.7 Å². The van der Waals surface area contributed by atoms with Crippen molar-refractivity contribution in [1.82, 2.24) is 24.8 Å². The molecule has 0 atom stereocenters. The number of hydrogen-bond acceptors (Lipinski definition) is 7. The number of oxime groups is 1. The number of anilines is 1. The summed E-state index contributed by atoms with van der Waals surface area (Å²) >= 11 is 0. The summed E-state index contributed by atoms with van der Waals surface area (Å²) in [6, 6.07) is 11.4. The minimum Gasteiger partial charge on any atom is -0.411 e. The second-order valence-electron chi connectivity index (χ2n) is 5.76. The van der Waals surface area contributed by atoms with E-state index in [4.69, 9.17) is 10.9 Å². The van der Waals surface area contributed by atoms with Crippen LogP contribution in [0.15, 0.2) is 47.8 Å². The number of rotatable bonds is 3. The average Bonchev–Trinajstić information content (AvgIpc) is 3.03. The second-order valence-corrected chi connectivity index (χ2v) is 5.76. The molecule has 0 aliphatic heterocycles. The van der Waals surface area contributed by atoms with E-state index in [0.717, 1.165) is 16.5 Å². The van der Waals surface area contributed by atoms with E-state index in [1.54, 1.807) is 29.8 Å². The molecular formula is C17H15N7O. The molecule has 4 rings (SSSR count). The number of nitrogens with two attached hydrogens (primary N) is 1. The Balaban J connectivity index is 1.75. The van der Waals surface area contributed by atoms with Crippen molar-refractivity contribution in [2.75, 3.05) is 5.73 Å². The molecule has 0 saturated carbocycles. The molecule has 0 saturated heterocycles. The highest BCUT2D eigenvalue weighted by Crippen LogP contribution is 2.18. The standard InChI is InChI=1S/C17H15N7O/c1-10(23-25)14-4-5-16-20-21-17(24(16)22-14)7-11-2-3-15-12(6-11)8-13(18)9-19-15/h2-6,8-9,25H,7,18H2,1H3/b23-10+. The number of benzene rings is 1. The first-order valence-corrected chi connectivity index (χ1v) is 7.68. The van der Waals surface area contributed by atoms with Gasteiger partial charge in [-0.1, -0.05) is 11.2 Å². The van der Waals surface area contributed by atoms with Gasteiger partial charge in [-0.15, -0.1) is 10.2 Å². The molecule has 0 spiro atoms. The molecule has 8 nitrogen and oxygen atoms in total. The number of aromatic nitrogens is 5. The predicted octanol–water partition coefficient (Wildman–Crippen LogP) is 2.04. The van der Waals surface area contributed by atoms with Gasteiger partial charge in [0, 0.05) is 11.8 Å². The van der Waals surface area contributed by atoms with Gasteiger partial charge >= 0.3 is 0 Å². The summed E-state index contributed by atoms with van der Waals surface area (Å²) in [5.41, 5.74) is 10.00. The fourth-order valence-electron chi connectivity index (χ4n) is 2.68. The van der Waals surface area contributed by atoms with E-state index in [2.05, 4.69) is 25.4 Å². The van der Waals surface area contributed by atoms with E-state index >= 15 is 0 Å². The van der Waals surface area contributed by atoms with Gasteiger partial charge in [0.15, 0.2) is 11.5 Å². The molecule has 25 heavy (non-hydrogen) atoms. The Morgan fingerprint density at radius 1 is 1.20 bits per heavy atom. The molecule has 3 heterocycles. The van der Waals surface area contributed by atoms with Crippen molar-refractivity contribution in [3.05, 3.63) is 59.7 Å². The number of nitrogen functional groups attached to an aromatic ring is 1. The lowest BCUT2D eigenvalue weighted by molar-refractivity contribution is 0.319. The summed E-state index contributed by atoms with van der Waals surface area (Å²) in [6.45, 7) is 1.68. The van der Waals surface area contributed by atoms with E-state index in [1.165, 1.54) is 0 Å². The van der Waals surface area contributed by atoms with Crippen molar-refractivity contribution in [1.29, 1.82) is 0 Å². The van der Waals surface area contributed by atoms with E-state index in [-0.39, 0.29) is 0 Å². The Labute approximate surface area is 142 Å². The van der Waals surface area contributed by atoms with Crippen LogP contribution in [0, 0.1) is 0 Å². The molecule has 8 heteroatoms. The zero-order chi connectivity index (χ0) is 17.4. The van der Waals surface area contributed by atoms with Gasteiger partial charge in [-0.2, -0.15) is 9.61 Å². The van der Waals surface area contributed by atoms with Crippen LogP contribution in [0.2, 0.25) is 0 Å². The minimum absolute atomic E-state index is 0.425. The third-order valence-electron chi connectivity index (χ3n) is 3.98. The average molecular weight is 333 g/mol. The lowest BCUT2D eigenvalue weighted by atomic mass is 10.1. The summed E-state index contributed by atoms with van der Waals surface area (Å²) in [7, 11) is 0. The normalized spacial score (nSPS) is 12.1. The molecule has 1 aromatic carbocycles. The smallest absolute Gasteiger partial charge is 0.177 e. The van der Waals surface area contributed by atoms with Gasteiger partial charge in [0.05, 0.1) is 17.4 Å². The fourth-order valence-corrected chi connectivity index (χ4v) is 2.68. The largest absolute Gasteiger partial charge is 0.411 e. The Morgan fingerprint density at radius 2 is 2.08 bits per heavy atom. The van der Waals surface area contributed by atoms with Crippen LogP contribution in [0.3, 0.4) is 0 Å². The summed E-state index contributed by atoms with van der Waals surface area (Å²) in [4.78, 5) is 4.30. The highest BCUT2D eigenvalue weighted by atomic mass is 16.4. The third kappa shape index (κ3) is 2.74. The Kier molecular flexibility index (Phi) is 3.50. The van der Waals surface area contributed by atoms with Crippen molar-refractivity contribution in [2.45, 2.75) is 13.3 Å². The number of pyridine rings is 1. The SMILES string of the molecule is C/C(=N\O)c1ccc2nnc(Cc3ccc4ncc(N)cc4c3)n2n1. The summed E-state index contributed by atoms with van der Waals surface area (Å²) < 4.78 is 1.66. The van der Waals surface area contributed by atoms with Crippen molar-refractivity contribution in [3.63, 3.8) is 0 Å². The van der Waals surface area contributed by atoms with Crippen LogP contribution >= 0.6 is 0 Å². The summed E-state index contributed by atoms with van der Waals surface area (Å²) in [5, 5.41) is 25.9. The summed E-state index contributed by atoms with van der Waals surface area (Å²) in [6.07, 6.45) is 2.20. The van der Waals surface area contributed by atoms with Gasteiger partial charge < -0.3 is 10.9 Å². The quantitative estimate of drug-likeness (QED) is 0.337. The van der Waals surface area contributed by atoms with E-state index in [1.807, 2.05) is 24.3 Å². The molecular weight excluding hydrogens is 318 g/mol. The van der Waals surface area contributed by atoms with E-state index in [0.29, 0.717) is 35.0 Å². The number of hydrogen-bond donors (Lipinski definition) is 2. The molecule has 0 aliphatic carbocycles. The molecule has 4 aromatic rings. The molecule has 0 bridgehead atoms. The fraction of sp³-hybridized carbons (Fsp3) is 0.118. The van der Waals surface area contributed by atoms with Gasteiger partial charge in [0.1, 0.15) is 11.4 Å². The van der Waals surface area contributed by atoms with Crippen LogP contribution in [0.25, 0.3) is 16.6 Å². The summed E-state index contributed by atoms with van der Waals surface area (Å²) in [5.74, 6) is 0.693. The Bertz CT molecular complexity index is 1120. The van der Waals surface area contributed by atoms with Crippen molar-refractivity contribution in [3.8, 4) is 0 Å². The van der Waals surface area contributed by atoms with E-state index < -0.39 is 0 Å². The number of nitrogens with zero attached hydrogens (tertiary/aromatic N) is 6. The molecule has 3 aromatic heterocycles. The van der Waals surface area contributed by atoms with Crippen molar-refractivity contribution < 1.29 is 5.21 Å². The molecule has 0 amide bonds. The number of fused-ring (bicyclic) bond motifs is 2. The maximum absolute atomic E-state index is 8.93. The van der Waals surface area contributed by atoms with Gasteiger partial charge in [0.2, 0.25) is 0 Å². The van der Waals surface area contributed by atoms with Crippen LogP contribution in [0.5, 0.6) is 0 Å². The molecule has 0 unspecified atom stereocenters. The van der Waals surface area contributed by atoms with Gasteiger partial charge in [-0.05, 0) is 42.8 Å². The van der Waals surface area contributed by atoms with Gasteiger partial charge in [-0.25, -0.2) is 0 Å². The zero-order valence-corrected chi connectivity index (χ0v) is 13.5. The van der Waals surface area contributed by atoms with Crippen LogP contribution in [0.4, 0.5) is 5.69 Å². The Hall–Kier alpha value is -3.55. The van der Waals surface area contributed by atoms with Gasteiger partial charge in [0.25, 0.3) is 0 Å². The van der Waals surface area contributed by atoms with Crippen LogP contribution in [-0.2, 0) is 6.42 Å². The first-order valence-electron chi connectivity index (χ1n) is 7.68. The maximum atomic E-state index is 8.93.